The van der Waals surface area contributed by atoms with E-state index in [9.17, 15) is 0 Å². The molecule has 1 unspecified atom stereocenters. The lowest BCUT2D eigenvalue weighted by atomic mass is 10.1. The number of guanidine groups is 1. The Balaban J connectivity index is 1.60. The van der Waals surface area contributed by atoms with E-state index in [1.807, 2.05) is 18.3 Å². The molecule has 1 atom stereocenters. The summed E-state index contributed by atoms with van der Waals surface area (Å²) in [6.07, 6.45) is 5.22. The van der Waals surface area contributed by atoms with E-state index in [0.29, 0.717) is 11.7 Å². The summed E-state index contributed by atoms with van der Waals surface area (Å²) in [4.78, 5) is 11.3. The van der Waals surface area contributed by atoms with Crippen molar-refractivity contribution in [2.45, 2.75) is 39.2 Å². The van der Waals surface area contributed by atoms with Crippen molar-refractivity contribution in [3.8, 4) is 0 Å². The Hall–Kier alpha value is -2.27. The van der Waals surface area contributed by atoms with Crippen LogP contribution in [0.4, 0.5) is 5.69 Å². The maximum Gasteiger partial charge on any atom is 0.191 e. The topological polar surface area (TPSA) is 52.6 Å². The monoisotopic (exact) mass is 399 g/mol. The van der Waals surface area contributed by atoms with Crippen molar-refractivity contribution in [3.05, 3.63) is 58.9 Å². The third kappa shape index (κ3) is 5.86. The average Bonchev–Trinajstić information content (AvgIpc) is 3.24. The number of aliphatic imine (C=N–C) groups is 1. The average molecular weight is 400 g/mol. The standard InChI is InChI=1S/C22H30ClN5/c1-3-24-22(25-12-11-18-9-10-21(23)26-16-18)27-17(2)19-7-6-8-20(15-19)28-13-4-5-14-28/h6-10,15-17H,3-5,11-14H2,1-2H3,(H2,24,25,27). The highest BCUT2D eigenvalue weighted by Crippen LogP contribution is 2.23. The lowest BCUT2D eigenvalue weighted by molar-refractivity contribution is 0.685. The Bertz CT molecular complexity index is 769. The van der Waals surface area contributed by atoms with Crippen LogP contribution in [0.25, 0.3) is 0 Å². The number of halogens is 1. The van der Waals surface area contributed by atoms with Crippen molar-refractivity contribution in [2.24, 2.45) is 4.99 Å². The number of anilines is 1. The van der Waals surface area contributed by atoms with Crippen molar-refractivity contribution in [1.29, 1.82) is 0 Å². The maximum absolute atomic E-state index is 5.84. The Morgan fingerprint density at radius 2 is 2.07 bits per heavy atom. The van der Waals surface area contributed by atoms with Gasteiger partial charge in [-0.1, -0.05) is 29.8 Å². The van der Waals surface area contributed by atoms with Gasteiger partial charge in [0.25, 0.3) is 0 Å². The third-order valence-electron chi connectivity index (χ3n) is 5.00. The minimum Gasteiger partial charge on any atom is -0.372 e. The Morgan fingerprint density at radius 3 is 2.79 bits per heavy atom. The van der Waals surface area contributed by atoms with Gasteiger partial charge in [-0.25, -0.2) is 4.98 Å². The molecule has 1 fully saturated rings. The lowest BCUT2D eigenvalue weighted by Crippen LogP contribution is -2.39. The molecule has 0 bridgehead atoms. The van der Waals surface area contributed by atoms with Gasteiger partial charge in [0.2, 0.25) is 0 Å². The second-order valence-corrected chi connectivity index (χ2v) is 7.54. The van der Waals surface area contributed by atoms with E-state index < -0.39 is 0 Å². The van der Waals surface area contributed by atoms with Gasteiger partial charge in [-0.3, -0.25) is 4.99 Å². The van der Waals surface area contributed by atoms with Crippen LogP contribution in [0.2, 0.25) is 5.15 Å². The molecule has 150 valence electrons. The molecule has 6 heteroatoms. The van der Waals surface area contributed by atoms with Crippen molar-refractivity contribution in [1.82, 2.24) is 15.6 Å². The lowest BCUT2D eigenvalue weighted by Gasteiger charge is -2.22. The van der Waals surface area contributed by atoms with E-state index in [1.165, 1.54) is 24.1 Å². The molecule has 1 aliphatic heterocycles. The summed E-state index contributed by atoms with van der Waals surface area (Å²) in [5.41, 5.74) is 3.73. The van der Waals surface area contributed by atoms with Crippen LogP contribution in [-0.2, 0) is 6.42 Å². The minimum atomic E-state index is 0.178. The molecule has 1 aromatic heterocycles. The van der Waals surface area contributed by atoms with E-state index >= 15 is 0 Å². The highest BCUT2D eigenvalue weighted by molar-refractivity contribution is 6.29. The Kier molecular flexibility index (Phi) is 7.54. The van der Waals surface area contributed by atoms with Gasteiger partial charge in [-0.15, -0.1) is 0 Å². The predicted octanol–water partition coefficient (Wildman–Crippen LogP) is 4.19. The van der Waals surface area contributed by atoms with Crippen molar-refractivity contribution < 1.29 is 0 Å². The second kappa shape index (κ2) is 10.3. The van der Waals surface area contributed by atoms with E-state index in [1.54, 1.807) is 0 Å². The number of nitrogens with zero attached hydrogens (tertiary/aromatic N) is 3. The first kappa shape index (κ1) is 20.5. The first-order valence-corrected chi connectivity index (χ1v) is 10.5. The molecule has 2 aromatic rings. The third-order valence-corrected chi connectivity index (χ3v) is 5.22. The fourth-order valence-electron chi connectivity index (χ4n) is 3.43. The fourth-order valence-corrected chi connectivity index (χ4v) is 3.54. The van der Waals surface area contributed by atoms with Gasteiger partial charge in [0, 0.05) is 38.1 Å². The summed E-state index contributed by atoms with van der Waals surface area (Å²) in [6.45, 7) is 8.11. The molecule has 0 amide bonds. The number of nitrogens with one attached hydrogen (secondary N) is 2. The highest BCUT2D eigenvalue weighted by atomic mass is 35.5. The quantitative estimate of drug-likeness (QED) is 0.416. The highest BCUT2D eigenvalue weighted by Gasteiger charge is 2.14. The maximum atomic E-state index is 5.84. The number of pyridine rings is 1. The first-order chi connectivity index (χ1) is 13.7. The molecular formula is C22H30ClN5. The van der Waals surface area contributed by atoms with Gasteiger partial charge in [-0.2, -0.15) is 0 Å². The zero-order valence-electron chi connectivity index (χ0n) is 16.8. The summed E-state index contributed by atoms with van der Waals surface area (Å²) >= 11 is 5.84. The molecule has 0 spiro atoms. The Labute approximate surface area is 173 Å². The van der Waals surface area contributed by atoms with E-state index in [2.05, 4.69) is 58.6 Å². The van der Waals surface area contributed by atoms with Gasteiger partial charge in [-0.05, 0) is 62.4 Å². The van der Waals surface area contributed by atoms with Crippen LogP contribution in [-0.4, -0.2) is 37.1 Å². The number of benzene rings is 1. The number of hydrogen-bond acceptors (Lipinski definition) is 3. The second-order valence-electron chi connectivity index (χ2n) is 7.15. The van der Waals surface area contributed by atoms with E-state index in [0.717, 1.165) is 37.6 Å². The molecule has 0 aliphatic carbocycles. The predicted molar refractivity (Wildman–Crippen MR) is 118 cm³/mol. The van der Waals surface area contributed by atoms with Crippen LogP contribution in [0.5, 0.6) is 0 Å². The van der Waals surface area contributed by atoms with E-state index in [4.69, 9.17) is 16.6 Å². The molecule has 1 aromatic carbocycles. The van der Waals surface area contributed by atoms with Crippen LogP contribution in [0.1, 0.15) is 43.9 Å². The van der Waals surface area contributed by atoms with Crippen molar-refractivity contribution >= 4 is 23.2 Å². The number of hydrogen-bond donors (Lipinski definition) is 2. The summed E-state index contributed by atoms with van der Waals surface area (Å²) < 4.78 is 0. The van der Waals surface area contributed by atoms with Gasteiger partial charge < -0.3 is 15.5 Å². The van der Waals surface area contributed by atoms with Gasteiger partial charge in [0.05, 0.1) is 6.04 Å². The zero-order chi connectivity index (χ0) is 19.8. The summed E-state index contributed by atoms with van der Waals surface area (Å²) in [6, 6.07) is 12.8. The summed E-state index contributed by atoms with van der Waals surface area (Å²) in [5.74, 6) is 0.837. The van der Waals surface area contributed by atoms with Crippen LogP contribution in [0, 0.1) is 0 Å². The molecule has 28 heavy (non-hydrogen) atoms. The van der Waals surface area contributed by atoms with Gasteiger partial charge >= 0.3 is 0 Å². The van der Waals surface area contributed by atoms with Crippen molar-refractivity contribution in [3.63, 3.8) is 0 Å². The molecule has 5 nitrogen and oxygen atoms in total. The zero-order valence-corrected chi connectivity index (χ0v) is 17.5. The molecule has 0 saturated carbocycles. The SMILES string of the molecule is CCNC(=NCCc1ccc(Cl)nc1)NC(C)c1cccc(N2CCCC2)c1. The molecule has 1 aliphatic rings. The largest absolute Gasteiger partial charge is 0.372 e. The number of aromatic nitrogens is 1. The van der Waals surface area contributed by atoms with Crippen LogP contribution >= 0.6 is 11.6 Å². The van der Waals surface area contributed by atoms with E-state index in [-0.39, 0.29) is 6.04 Å². The smallest absolute Gasteiger partial charge is 0.191 e. The van der Waals surface area contributed by atoms with Crippen LogP contribution in [0.15, 0.2) is 47.6 Å². The van der Waals surface area contributed by atoms with Gasteiger partial charge in [0.1, 0.15) is 5.15 Å². The normalized spacial score (nSPS) is 15.5. The molecule has 2 N–H and O–H groups in total. The van der Waals surface area contributed by atoms with Gasteiger partial charge in [0.15, 0.2) is 5.96 Å². The summed E-state index contributed by atoms with van der Waals surface area (Å²) in [5, 5.41) is 7.39. The molecule has 1 saturated heterocycles. The Morgan fingerprint density at radius 1 is 1.25 bits per heavy atom. The first-order valence-electron chi connectivity index (χ1n) is 10.2. The van der Waals surface area contributed by atoms with Crippen LogP contribution < -0.4 is 15.5 Å². The van der Waals surface area contributed by atoms with Crippen molar-refractivity contribution in [2.75, 3.05) is 31.1 Å². The molecule has 2 heterocycles. The minimum absolute atomic E-state index is 0.178. The number of rotatable bonds is 7. The van der Waals surface area contributed by atoms with Crippen LogP contribution in [0.3, 0.4) is 0 Å². The molecule has 0 radical (unpaired) electrons. The summed E-state index contributed by atoms with van der Waals surface area (Å²) in [7, 11) is 0. The molecule has 3 rings (SSSR count). The molecular weight excluding hydrogens is 370 g/mol. The fraction of sp³-hybridized carbons (Fsp3) is 0.455.